The first-order valence-corrected chi connectivity index (χ1v) is 8.29. The SMILES string of the molecule is CC(C#N)NS(=O)(=O)c1cc(Br)cc2c1OCCNC2=O. The third-order valence-electron chi connectivity index (χ3n) is 2.71. The van der Waals surface area contributed by atoms with E-state index in [-0.39, 0.29) is 29.4 Å². The van der Waals surface area contributed by atoms with Crippen LogP contribution in [-0.4, -0.2) is 33.5 Å². The zero-order chi connectivity index (χ0) is 15.6. The number of ether oxygens (including phenoxy) is 1. The van der Waals surface area contributed by atoms with Gasteiger partial charge in [0.05, 0.1) is 18.2 Å². The van der Waals surface area contributed by atoms with Gasteiger partial charge in [-0.25, -0.2) is 8.42 Å². The van der Waals surface area contributed by atoms with Crippen LogP contribution >= 0.6 is 15.9 Å². The van der Waals surface area contributed by atoms with Gasteiger partial charge in [0.2, 0.25) is 10.0 Å². The van der Waals surface area contributed by atoms with Crippen molar-refractivity contribution >= 4 is 31.9 Å². The molecule has 1 aromatic carbocycles. The number of benzene rings is 1. The molecule has 2 rings (SSSR count). The van der Waals surface area contributed by atoms with E-state index in [0.717, 1.165) is 0 Å². The van der Waals surface area contributed by atoms with Gasteiger partial charge in [-0.15, -0.1) is 0 Å². The number of rotatable bonds is 3. The number of carbonyl (C=O) groups excluding carboxylic acids is 1. The van der Waals surface area contributed by atoms with Crippen LogP contribution in [0.25, 0.3) is 0 Å². The molecule has 9 heteroatoms. The summed E-state index contributed by atoms with van der Waals surface area (Å²) < 4.78 is 32.7. The molecule has 0 aliphatic carbocycles. The van der Waals surface area contributed by atoms with Gasteiger partial charge < -0.3 is 10.1 Å². The lowest BCUT2D eigenvalue weighted by Gasteiger charge is -2.14. The number of amides is 1. The highest BCUT2D eigenvalue weighted by molar-refractivity contribution is 9.10. The Kier molecular flexibility index (Phi) is 4.51. The van der Waals surface area contributed by atoms with E-state index < -0.39 is 22.0 Å². The lowest BCUT2D eigenvalue weighted by Crippen LogP contribution is -2.32. The number of nitrogens with one attached hydrogen (secondary N) is 2. The van der Waals surface area contributed by atoms with Crippen molar-refractivity contribution in [2.75, 3.05) is 13.2 Å². The van der Waals surface area contributed by atoms with Crippen LogP contribution in [0.3, 0.4) is 0 Å². The zero-order valence-corrected chi connectivity index (χ0v) is 13.4. The second-order valence-electron chi connectivity index (χ2n) is 4.36. The van der Waals surface area contributed by atoms with Crippen LogP contribution in [0, 0.1) is 11.3 Å². The monoisotopic (exact) mass is 373 g/mol. The Labute approximate surface area is 130 Å². The molecular weight excluding hydrogens is 362 g/mol. The summed E-state index contributed by atoms with van der Waals surface area (Å²) in [5, 5.41) is 11.3. The maximum atomic E-state index is 12.3. The second kappa shape index (κ2) is 6.01. The minimum atomic E-state index is -3.98. The summed E-state index contributed by atoms with van der Waals surface area (Å²) in [4.78, 5) is 11.8. The number of hydrogen-bond donors (Lipinski definition) is 2. The number of nitriles is 1. The summed E-state index contributed by atoms with van der Waals surface area (Å²) >= 11 is 3.18. The predicted molar refractivity (Wildman–Crippen MR) is 77.4 cm³/mol. The van der Waals surface area contributed by atoms with Crippen LogP contribution < -0.4 is 14.8 Å². The number of nitrogens with zero attached hydrogens (tertiary/aromatic N) is 1. The molecule has 1 heterocycles. The molecule has 2 N–H and O–H groups in total. The van der Waals surface area contributed by atoms with Crippen molar-refractivity contribution in [3.05, 3.63) is 22.2 Å². The Morgan fingerprint density at radius 1 is 1.52 bits per heavy atom. The molecular formula is C12H12BrN3O4S. The number of fused-ring (bicyclic) bond motifs is 1. The van der Waals surface area contributed by atoms with Gasteiger partial charge in [0, 0.05) is 4.47 Å². The summed E-state index contributed by atoms with van der Waals surface area (Å²) in [6.45, 7) is 1.87. The van der Waals surface area contributed by atoms with Gasteiger partial charge in [-0.3, -0.25) is 4.79 Å². The molecule has 0 aromatic heterocycles. The zero-order valence-electron chi connectivity index (χ0n) is 11.0. The molecule has 112 valence electrons. The van der Waals surface area contributed by atoms with Crippen molar-refractivity contribution < 1.29 is 17.9 Å². The van der Waals surface area contributed by atoms with Gasteiger partial charge in [-0.1, -0.05) is 15.9 Å². The molecule has 1 aliphatic rings. The molecule has 0 bridgehead atoms. The fourth-order valence-electron chi connectivity index (χ4n) is 1.82. The molecule has 1 amide bonds. The number of carbonyl (C=O) groups is 1. The molecule has 0 fully saturated rings. The Balaban J connectivity index is 2.60. The van der Waals surface area contributed by atoms with E-state index >= 15 is 0 Å². The van der Waals surface area contributed by atoms with Crippen LogP contribution in [0.4, 0.5) is 0 Å². The van der Waals surface area contributed by atoms with Crippen LogP contribution in [-0.2, 0) is 10.0 Å². The normalized spacial score (nSPS) is 16.0. The fourth-order valence-corrected chi connectivity index (χ4v) is 3.77. The maximum absolute atomic E-state index is 12.3. The lowest BCUT2D eigenvalue weighted by molar-refractivity contribution is 0.0957. The van der Waals surface area contributed by atoms with Crippen LogP contribution in [0.5, 0.6) is 5.75 Å². The Morgan fingerprint density at radius 3 is 2.90 bits per heavy atom. The van der Waals surface area contributed by atoms with Gasteiger partial charge in [-0.05, 0) is 19.1 Å². The second-order valence-corrected chi connectivity index (χ2v) is 6.96. The highest BCUT2D eigenvalue weighted by Gasteiger charge is 2.28. The van der Waals surface area contributed by atoms with Crippen LogP contribution in [0.2, 0.25) is 0 Å². The van der Waals surface area contributed by atoms with E-state index in [1.54, 1.807) is 6.07 Å². The smallest absolute Gasteiger partial charge is 0.255 e. The van der Waals surface area contributed by atoms with Gasteiger partial charge in [-0.2, -0.15) is 9.98 Å². The Morgan fingerprint density at radius 2 is 2.24 bits per heavy atom. The largest absolute Gasteiger partial charge is 0.489 e. The van der Waals surface area contributed by atoms with E-state index in [1.165, 1.54) is 19.1 Å². The highest BCUT2D eigenvalue weighted by atomic mass is 79.9. The summed E-state index contributed by atoms with van der Waals surface area (Å²) in [6, 6.07) is 3.71. The highest BCUT2D eigenvalue weighted by Crippen LogP contribution is 2.33. The number of halogens is 1. The summed E-state index contributed by atoms with van der Waals surface area (Å²) in [7, 11) is -3.98. The standard InChI is InChI=1S/C12H12BrN3O4S/c1-7(6-14)16-21(18,19)10-5-8(13)4-9-11(10)20-3-2-15-12(9)17/h4-5,7,16H,2-3H2,1H3,(H,15,17). The first-order chi connectivity index (χ1) is 9.85. The molecule has 1 atom stereocenters. The van der Waals surface area contributed by atoms with E-state index in [1.807, 2.05) is 0 Å². The van der Waals surface area contributed by atoms with Crippen molar-refractivity contribution in [1.82, 2.24) is 10.0 Å². The average molecular weight is 374 g/mol. The van der Waals surface area contributed by atoms with Crippen molar-refractivity contribution in [1.29, 1.82) is 5.26 Å². The molecule has 0 radical (unpaired) electrons. The summed E-state index contributed by atoms with van der Waals surface area (Å²) in [5.41, 5.74) is 0.131. The molecule has 1 aliphatic heterocycles. The molecule has 7 nitrogen and oxygen atoms in total. The molecule has 0 spiro atoms. The van der Waals surface area contributed by atoms with E-state index in [9.17, 15) is 13.2 Å². The molecule has 0 saturated heterocycles. The fraction of sp³-hybridized carbons (Fsp3) is 0.333. The predicted octanol–water partition coefficient (Wildman–Crippen LogP) is 0.762. The van der Waals surface area contributed by atoms with Crippen LogP contribution in [0.1, 0.15) is 17.3 Å². The van der Waals surface area contributed by atoms with Gasteiger partial charge >= 0.3 is 0 Å². The minimum absolute atomic E-state index is 0.00848. The van der Waals surface area contributed by atoms with E-state index in [2.05, 4.69) is 26.0 Å². The third kappa shape index (κ3) is 3.34. The summed E-state index contributed by atoms with van der Waals surface area (Å²) in [6.07, 6.45) is 0. The van der Waals surface area contributed by atoms with Gasteiger partial charge in [0.1, 0.15) is 17.5 Å². The molecule has 1 unspecified atom stereocenters. The molecule has 0 saturated carbocycles. The summed E-state index contributed by atoms with van der Waals surface area (Å²) in [5.74, 6) is -0.417. The lowest BCUT2D eigenvalue weighted by atomic mass is 10.2. The van der Waals surface area contributed by atoms with Crippen molar-refractivity contribution in [3.63, 3.8) is 0 Å². The molecule has 21 heavy (non-hydrogen) atoms. The first kappa shape index (κ1) is 15.8. The van der Waals surface area contributed by atoms with Crippen molar-refractivity contribution in [2.45, 2.75) is 17.9 Å². The van der Waals surface area contributed by atoms with E-state index in [4.69, 9.17) is 10.00 Å². The third-order valence-corrected chi connectivity index (χ3v) is 4.72. The topological polar surface area (TPSA) is 108 Å². The van der Waals surface area contributed by atoms with Gasteiger partial charge in [0.15, 0.2) is 5.75 Å². The van der Waals surface area contributed by atoms with Crippen molar-refractivity contribution in [2.24, 2.45) is 0 Å². The number of sulfonamides is 1. The maximum Gasteiger partial charge on any atom is 0.255 e. The Bertz CT molecular complexity index is 727. The molecule has 1 aromatic rings. The first-order valence-electron chi connectivity index (χ1n) is 6.01. The Hall–Kier alpha value is -1.63. The minimum Gasteiger partial charge on any atom is -0.489 e. The van der Waals surface area contributed by atoms with Gasteiger partial charge in [0.25, 0.3) is 5.91 Å². The number of hydrogen-bond acceptors (Lipinski definition) is 5. The average Bonchev–Trinajstić information content (AvgIpc) is 2.60. The van der Waals surface area contributed by atoms with E-state index in [0.29, 0.717) is 4.47 Å². The van der Waals surface area contributed by atoms with Crippen molar-refractivity contribution in [3.8, 4) is 11.8 Å². The quantitative estimate of drug-likeness (QED) is 0.812. The van der Waals surface area contributed by atoms with Crippen LogP contribution in [0.15, 0.2) is 21.5 Å².